The number of aliphatic hydroxyl groups excluding tert-OH is 8. The molecule has 672 valence electrons. The lowest BCUT2D eigenvalue weighted by Crippen LogP contribution is -2.65. The van der Waals surface area contributed by atoms with Crippen molar-refractivity contribution >= 4 is 70.5 Å². The zero-order chi connectivity index (χ0) is 89.4. The van der Waals surface area contributed by atoms with Crippen molar-refractivity contribution in [2.45, 2.75) is 201 Å². The number of amides is 7. The van der Waals surface area contributed by atoms with Crippen molar-refractivity contribution in [2.75, 3.05) is 20.2 Å². The van der Waals surface area contributed by atoms with Gasteiger partial charge in [-0.15, -0.1) is 0 Å². The molecule has 9 heterocycles. The lowest BCUT2D eigenvalue weighted by atomic mass is 9.86. The van der Waals surface area contributed by atoms with Gasteiger partial charge >= 0.3 is 5.97 Å². The number of carbonyl (C=O) groups is 8. The molecule has 0 saturated carbocycles. The van der Waals surface area contributed by atoms with Crippen LogP contribution in [0.5, 0.6) is 46.0 Å². The summed E-state index contributed by atoms with van der Waals surface area (Å²) in [6.45, 7) is 5.50. The molecule has 3 saturated heterocycles. The summed E-state index contributed by atoms with van der Waals surface area (Å²) in [7, 11) is 1.46. The highest BCUT2D eigenvalue weighted by Gasteiger charge is 2.53. The number of halogens is 2. The van der Waals surface area contributed by atoms with Crippen LogP contribution in [0.25, 0.3) is 16.8 Å². The van der Waals surface area contributed by atoms with Crippen LogP contribution < -0.4 is 68.2 Å². The van der Waals surface area contributed by atoms with Crippen LogP contribution in [0.3, 0.4) is 0 Å². The summed E-state index contributed by atoms with van der Waals surface area (Å²) in [4.78, 5) is 120. The van der Waals surface area contributed by atoms with E-state index in [0.717, 1.165) is 78.0 Å². The predicted molar refractivity (Wildman–Crippen MR) is 439 cm³/mol. The van der Waals surface area contributed by atoms with Crippen LogP contribution >= 0.6 is 23.2 Å². The number of aliphatic hydroxyl groups is 8. The van der Waals surface area contributed by atoms with Crippen LogP contribution in [0.4, 0.5) is 0 Å². The number of primary amides is 1. The van der Waals surface area contributed by atoms with Crippen molar-refractivity contribution in [1.29, 1.82) is 0 Å². The molecule has 8 aliphatic heterocycles. The van der Waals surface area contributed by atoms with E-state index in [2.05, 4.69) is 42.5 Å². The third-order valence-electron chi connectivity index (χ3n) is 22.2. The number of fused-ring (bicyclic) bond motifs is 15. The van der Waals surface area contributed by atoms with Gasteiger partial charge in [0.2, 0.25) is 53.4 Å². The Balaban J connectivity index is 0.0000142. The molecule has 15 rings (SSSR count). The highest BCUT2D eigenvalue weighted by molar-refractivity contribution is 6.32. The molecule has 39 nitrogen and oxygen atoms in total. The van der Waals surface area contributed by atoms with Gasteiger partial charge < -0.3 is 158 Å². The topological polar surface area (TPSA) is 606 Å². The van der Waals surface area contributed by atoms with Crippen molar-refractivity contribution in [1.82, 2.24) is 47.1 Å². The number of nitrogens with one attached hydrogen (secondary N) is 8. The van der Waals surface area contributed by atoms with E-state index in [1.54, 1.807) is 0 Å². The summed E-state index contributed by atoms with van der Waals surface area (Å²) in [5.74, 6) is -16.6. The van der Waals surface area contributed by atoms with Crippen molar-refractivity contribution in [3.63, 3.8) is 0 Å². The molecule has 7 amide bonds. The minimum Gasteiger partial charge on any atom is -0.508 e. The van der Waals surface area contributed by atoms with Crippen LogP contribution in [0, 0.1) is 5.92 Å². The first-order valence-electron chi connectivity index (χ1n) is 39.4. The maximum absolute atomic E-state index is 16.4. The molecule has 0 radical (unpaired) electrons. The number of hydrogen-bond donors (Lipinski definition) is 22. The van der Waals surface area contributed by atoms with Crippen LogP contribution in [0.1, 0.15) is 118 Å². The highest BCUT2D eigenvalue weighted by atomic mass is 35.5. The van der Waals surface area contributed by atoms with Crippen LogP contribution in [0.2, 0.25) is 10.0 Å². The molecule has 0 aliphatic carbocycles. The molecule has 7 aromatic rings. The van der Waals surface area contributed by atoms with Gasteiger partial charge in [-0.2, -0.15) is 0 Å². The van der Waals surface area contributed by atoms with E-state index in [0.29, 0.717) is 0 Å². The minimum absolute atomic E-state index is 0. The molecular formula is C84H99Cl2N11O28. The molecule has 8 aliphatic rings. The van der Waals surface area contributed by atoms with Gasteiger partial charge in [0, 0.05) is 65.9 Å². The fourth-order valence-electron chi connectivity index (χ4n) is 15.6. The number of carboxylic acids is 1. The number of aliphatic carboxylic acids is 1. The van der Waals surface area contributed by atoms with Crippen molar-refractivity contribution in [3.8, 4) is 62.8 Å². The van der Waals surface area contributed by atoms with Gasteiger partial charge in [0.15, 0.2) is 30.1 Å². The summed E-state index contributed by atoms with van der Waals surface area (Å²) in [6, 6.07) is 10.3. The number of aromatic nitrogens is 1. The largest absolute Gasteiger partial charge is 0.508 e. The number of phenolic OH excluding ortho intramolecular Hbond substituents is 3. The average molecular weight is 1780 g/mol. The van der Waals surface area contributed by atoms with Gasteiger partial charge in [-0.25, -0.2) is 4.79 Å². The Hall–Kier alpha value is -10.9. The molecule has 41 heteroatoms. The number of carbonyl (C=O) groups excluding carboxylic acids is 7. The standard InChI is InChI=1S/C83H95Cl2N11O28.CH4/c1-33(2)20-46(88-5)74(109)94-62-64(102)37-11-16-50(44(84)22-37)118-52-24-39-25-53(71(52)123-82-69(107)67(105)72(55(32-97)121-82)124-81-68(106)66(104)65(103)54(120-81)31-89-30-35-8-13-40(14-9-35)96-18-6-7-19-96)119-51-17-12-38(23-45(51)85)70(122-57-29-83(4,87)73(108)34(3)117-57)63-79(114)93-61(80(115)116)43-26-41(98)27-49(100)58(43)42-21-36(10-15-48(42)99)59(76(111)95-63)92-77(112)60(39)91-75(110)47(28-56(86)101)90-78(62)113;/h6-19,21-27,33-34,46-47,54-55,57,59-70,72-73,81-82,88-89,97-100,102-108H,20,28-32,87H2,1-5H3,(H2,86,101)(H,90,113)(H,91,110)(H,92,112)(H,93,114)(H,94,109)(H,95,111)(H,115,116);1H4/t34-,46+,47-,54+,55+,57?,59+,60+,61+,62+,63-,64+,65-,66-,67+,68+,69+,70+,72+,73-,81-,82-,83-;/m0./s1. The van der Waals surface area contributed by atoms with Gasteiger partial charge in [0.1, 0.15) is 120 Å². The molecule has 23 atom stereocenters. The first-order valence-corrected chi connectivity index (χ1v) is 40.2. The highest BCUT2D eigenvalue weighted by Crippen LogP contribution is 2.50. The van der Waals surface area contributed by atoms with Gasteiger partial charge in [0.25, 0.3) is 0 Å². The summed E-state index contributed by atoms with van der Waals surface area (Å²) >= 11 is 14.5. The lowest BCUT2D eigenvalue weighted by molar-refractivity contribution is -0.350. The number of nitrogens with zero attached hydrogens (tertiary/aromatic N) is 1. The second-order valence-electron chi connectivity index (χ2n) is 31.7. The number of ether oxygens (including phenoxy) is 8. The first-order chi connectivity index (χ1) is 58.9. The van der Waals surface area contributed by atoms with E-state index in [1.807, 2.05) is 67.2 Å². The molecule has 1 aromatic heterocycles. The number of carboxylic acid groups (broad SMARTS) is 1. The Kier molecular flexibility index (Phi) is 29.0. The number of benzene rings is 6. The Morgan fingerprint density at radius 1 is 0.664 bits per heavy atom. The van der Waals surface area contributed by atoms with Crippen LogP contribution in [-0.4, -0.2) is 243 Å². The third kappa shape index (κ3) is 20.3. The van der Waals surface area contributed by atoms with E-state index in [-0.39, 0.29) is 56.0 Å². The number of hydrogen-bond acceptors (Lipinski definition) is 30. The second-order valence-corrected chi connectivity index (χ2v) is 32.5. The fourth-order valence-corrected chi connectivity index (χ4v) is 16.1. The van der Waals surface area contributed by atoms with Crippen molar-refractivity contribution < 1.29 is 138 Å². The average Bonchev–Trinajstić information content (AvgIpc) is 1.25. The van der Waals surface area contributed by atoms with Crippen molar-refractivity contribution in [2.24, 2.45) is 17.4 Å². The monoisotopic (exact) mass is 1780 g/mol. The molecule has 6 aromatic carbocycles. The molecule has 11 bridgehead atoms. The molecular weight excluding hydrogens is 1680 g/mol. The zero-order valence-electron chi connectivity index (χ0n) is 66.9. The number of likely N-dealkylation sites (N-methyl/N-ethyl adjacent to an activating group) is 1. The Labute approximate surface area is 724 Å². The summed E-state index contributed by atoms with van der Waals surface area (Å²) in [6.07, 6.45) is -25.3. The zero-order valence-corrected chi connectivity index (χ0v) is 68.4. The SMILES string of the molecule is C.CN[C@H](CC(C)C)C(=O)N[C@H]1C(=O)N[C@@H](CC(N)=O)C(=O)N[C@H]2C(=O)N[C@H]3C(=O)N[C@H](C(=O)N[C@@H](C(=O)O)c4cc(O)cc(O)c4-c4cc3ccc4O)[C@H](OC3C[C@](C)(N)[C@@H](O)[C@H](C)O3)c3ccc(c(Cl)c3)Oc3cc2cc(c3O[C@@H]2O[C@H](CO)[C@@H](O[C@@H]3O[C@H](CNCc4ccc(-n5cccc5)cc4)[C@H](O)[C@H](O)[C@H]3O)[C@H](O)[C@H]2O)Oc2ccc(cc2Cl)[C@H]1O. The maximum Gasteiger partial charge on any atom is 0.330 e. The smallest absolute Gasteiger partial charge is 0.330 e. The third-order valence-corrected chi connectivity index (χ3v) is 22.8. The van der Waals surface area contributed by atoms with Crippen LogP contribution in [-0.2, 0) is 68.6 Å². The van der Waals surface area contributed by atoms with E-state index in [9.17, 15) is 75.7 Å². The number of rotatable bonds is 20. The maximum atomic E-state index is 16.4. The Bertz CT molecular complexity index is 5150. The molecule has 125 heavy (non-hydrogen) atoms. The van der Waals surface area contributed by atoms with E-state index in [4.69, 9.17) is 72.6 Å². The Morgan fingerprint density at radius 3 is 1.90 bits per heavy atom. The number of aromatic hydroxyl groups is 3. The number of nitrogens with two attached hydrogens (primary N) is 2. The van der Waals surface area contributed by atoms with Gasteiger partial charge in [-0.1, -0.05) is 74.8 Å². The summed E-state index contributed by atoms with van der Waals surface area (Å²) < 4.78 is 53.1. The van der Waals surface area contributed by atoms with Gasteiger partial charge in [-0.3, -0.25) is 33.6 Å². The fraction of sp³-hybridized carbons (Fsp3) is 0.429. The van der Waals surface area contributed by atoms with E-state index in [1.165, 1.54) is 33.0 Å². The van der Waals surface area contributed by atoms with Gasteiger partial charge in [-0.05, 0) is 140 Å². The normalized spacial score (nSPS) is 29.7. The van der Waals surface area contributed by atoms with E-state index < -0.39 is 279 Å². The van der Waals surface area contributed by atoms with Gasteiger partial charge in [0.05, 0.1) is 41.3 Å². The van der Waals surface area contributed by atoms with Crippen molar-refractivity contribution in [3.05, 3.63) is 171 Å². The molecule has 3 fully saturated rings. The first kappa shape index (κ1) is 93.3. The molecule has 1 unspecified atom stereocenters. The van der Waals surface area contributed by atoms with E-state index >= 15 is 24.0 Å². The lowest BCUT2D eigenvalue weighted by Gasteiger charge is -2.46. The Morgan fingerprint density at radius 2 is 1.28 bits per heavy atom. The predicted octanol–water partition coefficient (Wildman–Crippen LogP) is 1.15. The van der Waals surface area contributed by atoms with Crippen LogP contribution in [0.15, 0.2) is 128 Å². The summed E-state index contributed by atoms with van der Waals surface area (Å²) in [5, 5.41) is 159. The second kappa shape index (κ2) is 38.9. The quantitative estimate of drug-likeness (QED) is 0.0509. The summed E-state index contributed by atoms with van der Waals surface area (Å²) in [5.41, 5.74) is 9.71. The molecule has 0 spiro atoms. The number of phenols is 3. The molecule has 24 N–H and O–H groups in total. The minimum atomic E-state index is -2.42.